The number of hydrogen-bond acceptors (Lipinski definition) is 6. The van der Waals surface area contributed by atoms with E-state index in [1.165, 1.54) is 10.5 Å². The number of imidazole rings is 1. The van der Waals surface area contributed by atoms with Crippen LogP contribution in [-0.4, -0.2) is 55.0 Å². The van der Waals surface area contributed by atoms with Crippen LogP contribution in [0.25, 0.3) is 0 Å². The number of nitrogens with one attached hydrogen (secondary N) is 1. The van der Waals surface area contributed by atoms with Gasteiger partial charge < -0.3 is 19.4 Å². The lowest BCUT2D eigenvalue weighted by atomic mass is 9.97. The molecular weight excluding hydrogens is 444 g/mol. The van der Waals surface area contributed by atoms with Crippen molar-refractivity contribution < 1.29 is 22.7 Å². The molecular formula is C23H34N4O5S. The summed E-state index contributed by atoms with van der Waals surface area (Å²) in [6, 6.07) is 5.64. The minimum atomic E-state index is -3.64. The lowest BCUT2D eigenvalue weighted by Crippen LogP contribution is -2.43. The Bertz CT molecular complexity index is 1040. The van der Waals surface area contributed by atoms with Gasteiger partial charge in [0, 0.05) is 38.8 Å². The number of rotatable bonds is 10. The molecule has 1 aliphatic heterocycles. The van der Waals surface area contributed by atoms with Crippen LogP contribution in [0, 0.1) is 12.8 Å². The van der Waals surface area contributed by atoms with E-state index in [0.29, 0.717) is 56.4 Å². The van der Waals surface area contributed by atoms with Gasteiger partial charge in [-0.2, -0.15) is 4.31 Å². The number of unbranched alkanes of at least 4 members (excludes halogenated alkanes) is 1. The van der Waals surface area contributed by atoms with Crippen LogP contribution < -0.4 is 14.8 Å². The van der Waals surface area contributed by atoms with Gasteiger partial charge in [-0.25, -0.2) is 13.4 Å². The van der Waals surface area contributed by atoms with Crippen LogP contribution in [-0.2, 0) is 28.4 Å². The monoisotopic (exact) mass is 478 g/mol. The van der Waals surface area contributed by atoms with Crippen LogP contribution in [0.15, 0.2) is 29.4 Å². The molecule has 33 heavy (non-hydrogen) atoms. The Labute approximate surface area is 196 Å². The fourth-order valence-corrected chi connectivity index (χ4v) is 5.24. The summed E-state index contributed by atoms with van der Waals surface area (Å²) in [7, 11) is -0.284. The number of sulfonamides is 1. The average molecular weight is 479 g/mol. The molecule has 1 amide bonds. The minimum absolute atomic E-state index is 0.0569. The molecule has 2 heterocycles. The van der Waals surface area contributed by atoms with E-state index in [-0.39, 0.29) is 16.9 Å². The molecule has 0 unspecified atom stereocenters. The summed E-state index contributed by atoms with van der Waals surface area (Å²) in [5.41, 5.74) is 0.911. The zero-order chi connectivity index (χ0) is 24.0. The first-order chi connectivity index (χ1) is 15.8. The van der Waals surface area contributed by atoms with Crippen LogP contribution in [0.1, 0.15) is 44.0 Å². The Balaban J connectivity index is 1.52. The number of aromatic nitrogens is 2. The lowest BCUT2D eigenvalue weighted by Gasteiger charge is -2.30. The van der Waals surface area contributed by atoms with Crippen molar-refractivity contribution >= 4 is 15.9 Å². The fourth-order valence-electron chi connectivity index (χ4n) is 3.74. The lowest BCUT2D eigenvalue weighted by molar-refractivity contribution is -0.126. The average Bonchev–Trinajstić information content (AvgIpc) is 3.17. The molecule has 2 aromatic rings. The summed E-state index contributed by atoms with van der Waals surface area (Å²) in [6.07, 6.45) is 4.51. The van der Waals surface area contributed by atoms with Crippen molar-refractivity contribution in [3.05, 3.63) is 35.8 Å². The second kappa shape index (κ2) is 11.0. The Morgan fingerprint density at radius 3 is 2.58 bits per heavy atom. The maximum atomic E-state index is 12.8. The fraction of sp³-hybridized carbons (Fsp3) is 0.565. The normalized spacial score (nSPS) is 15.4. The number of carbonyl (C=O) groups is 1. The van der Waals surface area contributed by atoms with Crippen molar-refractivity contribution in [1.82, 2.24) is 19.2 Å². The van der Waals surface area contributed by atoms with Gasteiger partial charge in [0.15, 0.2) is 16.5 Å². The van der Waals surface area contributed by atoms with E-state index in [2.05, 4.69) is 17.2 Å². The van der Waals surface area contributed by atoms with Gasteiger partial charge in [0.05, 0.1) is 13.7 Å². The molecule has 0 spiro atoms. The number of piperidine rings is 1. The molecule has 1 N–H and O–H groups in total. The van der Waals surface area contributed by atoms with Gasteiger partial charge >= 0.3 is 0 Å². The minimum Gasteiger partial charge on any atom is -0.493 e. The Morgan fingerprint density at radius 2 is 1.97 bits per heavy atom. The molecule has 1 fully saturated rings. The van der Waals surface area contributed by atoms with Crippen molar-refractivity contribution in [1.29, 1.82) is 0 Å². The highest BCUT2D eigenvalue weighted by Gasteiger charge is 2.33. The number of benzene rings is 1. The quantitative estimate of drug-likeness (QED) is 0.527. The van der Waals surface area contributed by atoms with E-state index < -0.39 is 10.0 Å². The Kier molecular flexibility index (Phi) is 8.36. The van der Waals surface area contributed by atoms with Gasteiger partial charge in [-0.3, -0.25) is 4.79 Å². The third-order valence-corrected chi connectivity index (χ3v) is 7.74. The van der Waals surface area contributed by atoms with Gasteiger partial charge in [0.2, 0.25) is 5.91 Å². The smallest absolute Gasteiger partial charge is 0.262 e. The van der Waals surface area contributed by atoms with Crippen LogP contribution in [0.3, 0.4) is 0 Å². The third-order valence-electron chi connectivity index (χ3n) is 5.97. The Morgan fingerprint density at radius 1 is 1.24 bits per heavy atom. The molecule has 1 aromatic heterocycles. The summed E-state index contributed by atoms with van der Waals surface area (Å²) in [6.45, 7) is 5.48. The van der Waals surface area contributed by atoms with Gasteiger partial charge in [-0.1, -0.05) is 19.4 Å². The second-order valence-electron chi connectivity index (χ2n) is 8.32. The molecule has 0 aliphatic carbocycles. The first kappa shape index (κ1) is 25.0. The highest BCUT2D eigenvalue weighted by atomic mass is 32.2. The molecule has 1 aromatic carbocycles. The van der Waals surface area contributed by atoms with Crippen molar-refractivity contribution in [2.24, 2.45) is 13.0 Å². The van der Waals surface area contributed by atoms with Crippen molar-refractivity contribution in [2.45, 2.75) is 51.1 Å². The molecule has 182 valence electrons. The topological polar surface area (TPSA) is 103 Å². The van der Waals surface area contributed by atoms with E-state index in [1.54, 1.807) is 25.6 Å². The molecule has 0 saturated carbocycles. The number of aryl methyl sites for hydroxylation is 2. The summed E-state index contributed by atoms with van der Waals surface area (Å²) < 4.78 is 40.0. The predicted octanol–water partition coefficient (Wildman–Crippen LogP) is 2.63. The third kappa shape index (κ3) is 6.05. The molecule has 1 saturated heterocycles. The van der Waals surface area contributed by atoms with Gasteiger partial charge in [-0.15, -0.1) is 0 Å². The summed E-state index contributed by atoms with van der Waals surface area (Å²) >= 11 is 0. The second-order valence-corrected chi connectivity index (χ2v) is 10.2. The first-order valence-electron chi connectivity index (χ1n) is 11.3. The zero-order valence-electron chi connectivity index (χ0n) is 19.8. The summed E-state index contributed by atoms with van der Waals surface area (Å²) in [5, 5.41) is 3.03. The van der Waals surface area contributed by atoms with E-state index in [9.17, 15) is 13.2 Å². The molecule has 0 atom stereocenters. The number of nitrogens with zero attached hydrogens (tertiary/aromatic N) is 3. The summed E-state index contributed by atoms with van der Waals surface area (Å²) in [5.74, 6) is 1.68. The number of methoxy groups -OCH3 is 1. The van der Waals surface area contributed by atoms with E-state index in [4.69, 9.17) is 9.47 Å². The van der Waals surface area contributed by atoms with Crippen LogP contribution in [0.4, 0.5) is 0 Å². The number of hydrogen-bond donors (Lipinski definition) is 1. The highest BCUT2D eigenvalue weighted by molar-refractivity contribution is 7.89. The van der Waals surface area contributed by atoms with E-state index >= 15 is 0 Å². The van der Waals surface area contributed by atoms with Gasteiger partial charge in [0.1, 0.15) is 5.82 Å². The Hall–Kier alpha value is -2.59. The van der Waals surface area contributed by atoms with Crippen molar-refractivity contribution in [2.75, 3.05) is 26.8 Å². The molecule has 0 bridgehead atoms. The van der Waals surface area contributed by atoms with Gasteiger partial charge in [-0.05, 0) is 43.9 Å². The number of ether oxygens (including phenoxy) is 2. The van der Waals surface area contributed by atoms with Crippen LogP contribution in [0.2, 0.25) is 0 Å². The van der Waals surface area contributed by atoms with Crippen molar-refractivity contribution in [3.63, 3.8) is 0 Å². The van der Waals surface area contributed by atoms with Crippen molar-refractivity contribution in [3.8, 4) is 11.5 Å². The van der Waals surface area contributed by atoms with Crippen LogP contribution in [0.5, 0.6) is 11.5 Å². The summed E-state index contributed by atoms with van der Waals surface area (Å²) in [4.78, 5) is 16.8. The molecule has 9 nitrogen and oxygen atoms in total. The standard InChI is InChI=1S/C23H34N4O5S/c1-5-6-13-32-20-8-7-18(14-21(20)31-4)15-24-23(28)19-9-11-27(12-10-19)33(29,30)22-16-26(3)17(2)25-22/h7-8,14,16,19H,5-6,9-13,15H2,1-4H3,(H,24,28). The molecule has 3 rings (SSSR count). The maximum Gasteiger partial charge on any atom is 0.262 e. The SMILES string of the molecule is CCCCOc1ccc(CNC(=O)C2CCN(S(=O)(=O)c3cn(C)c(C)n3)CC2)cc1OC. The van der Waals surface area contributed by atoms with Crippen LogP contribution >= 0.6 is 0 Å². The zero-order valence-corrected chi connectivity index (χ0v) is 20.7. The highest BCUT2D eigenvalue weighted by Crippen LogP contribution is 2.28. The largest absolute Gasteiger partial charge is 0.493 e. The van der Waals surface area contributed by atoms with Gasteiger partial charge in [0.25, 0.3) is 10.0 Å². The molecule has 0 radical (unpaired) electrons. The molecule has 1 aliphatic rings. The number of carbonyl (C=O) groups excluding carboxylic acids is 1. The maximum absolute atomic E-state index is 12.8. The number of amides is 1. The van der Waals surface area contributed by atoms with E-state index in [1.807, 2.05) is 18.2 Å². The first-order valence-corrected chi connectivity index (χ1v) is 12.8. The van der Waals surface area contributed by atoms with E-state index in [0.717, 1.165) is 18.4 Å². The molecule has 10 heteroatoms. The predicted molar refractivity (Wildman–Crippen MR) is 125 cm³/mol.